The number of hydrogen-bond acceptors (Lipinski definition) is 8. The summed E-state index contributed by atoms with van der Waals surface area (Å²) in [5.41, 5.74) is 5.60. The van der Waals surface area contributed by atoms with Crippen LogP contribution < -0.4 is 15.8 Å². The number of carbonyl (C=O) groups excluding carboxylic acids is 2. The van der Waals surface area contributed by atoms with Crippen LogP contribution in [0.4, 0.5) is 11.4 Å². The largest absolute Gasteiger partial charge is 0.508 e. The van der Waals surface area contributed by atoms with E-state index >= 15 is 0 Å². The molecule has 13 heteroatoms. The van der Waals surface area contributed by atoms with Crippen LogP contribution in [0, 0.1) is 0 Å². The fourth-order valence-electron chi connectivity index (χ4n) is 2.15. The van der Waals surface area contributed by atoms with Crippen LogP contribution in [0.25, 0.3) is 0 Å². The SMILES string of the molecule is C1COCCO1.Nc1c(Cl)cc(S(=O)(=O)NC(=O)C(=O)Nc2cccc(O)c2)cc1Cl. The number of anilines is 2. The molecule has 0 atom stereocenters. The fraction of sp³-hybridized carbons (Fsp3) is 0.222. The van der Waals surface area contributed by atoms with Crippen molar-refractivity contribution < 1.29 is 32.6 Å². The van der Waals surface area contributed by atoms with Gasteiger partial charge in [0, 0.05) is 11.8 Å². The number of aromatic hydroxyl groups is 1. The minimum absolute atomic E-state index is 0.0183. The molecule has 31 heavy (non-hydrogen) atoms. The zero-order chi connectivity index (χ0) is 23.0. The highest BCUT2D eigenvalue weighted by molar-refractivity contribution is 7.90. The van der Waals surface area contributed by atoms with Crippen molar-refractivity contribution in [1.82, 2.24) is 4.72 Å². The molecule has 0 unspecified atom stereocenters. The lowest BCUT2D eigenvalue weighted by Crippen LogP contribution is -2.39. The molecule has 1 saturated heterocycles. The van der Waals surface area contributed by atoms with Crippen LogP contribution in [0.2, 0.25) is 10.0 Å². The van der Waals surface area contributed by atoms with E-state index in [1.807, 2.05) is 0 Å². The first-order chi connectivity index (χ1) is 14.6. The number of phenolic OH excluding ortho intramolecular Hbond substituents is 1. The Morgan fingerprint density at radius 2 is 1.52 bits per heavy atom. The summed E-state index contributed by atoms with van der Waals surface area (Å²) in [4.78, 5) is 23.1. The number of hydrogen-bond donors (Lipinski definition) is 4. The second kappa shape index (κ2) is 11.2. The predicted octanol–water partition coefficient (Wildman–Crippen LogP) is 1.76. The van der Waals surface area contributed by atoms with E-state index in [1.54, 1.807) is 4.72 Å². The molecule has 5 N–H and O–H groups in total. The average Bonchev–Trinajstić information content (AvgIpc) is 2.73. The number of benzene rings is 2. The average molecular weight is 492 g/mol. The van der Waals surface area contributed by atoms with Crippen molar-refractivity contribution in [2.24, 2.45) is 0 Å². The van der Waals surface area contributed by atoms with Gasteiger partial charge in [-0.1, -0.05) is 29.3 Å². The lowest BCUT2D eigenvalue weighted by atomic mass is 10.3. The number of sulfonamides is 1. The topological polar surface area (TPSA) is 157 Å². The van der Waals surface area contributed by atoms with Crippen LogP contribution >= 0.6 is 23.2 Å². The lowest BCUT2D eigenvalue weighted by Gasteiger charge is -2.09. The van der Waals surface area contributed by atoms with Gasteiger partial charge in [-0.3, -0.25) is 9.59 Å². The van der Waals surface area contributed by atoms with Gasteiger partial charge in [0.15, 0.2) is 0 Å². The van der Waals surface area contributed by atoms with Crippen molar-refractivity contribution in [2.75, 3.05) is 37.5 Å². The molecule has 2 aromatic rings. The molecule has 1 heterocycles. The Kier molecular flexibility index (Phi) is 8.89. The summed E-state index contributed by atoms with van der Waals surface area (Å²) in [5, 5.41) is 11.2. The predicted molar refractivity (Wildman–Crippen MR) is 115 cm³/mol. The van der Waals surface area contributed by atoms with Gasteiger partial charge in [0.25, 0.3) is 10.0 Å². The number of nitrogen functional groups attached to an aromatic ring is 1. The summed E-state index contributed by atoms with van der Waals surface area (Å²) >= 11 is 11.5. The Morgan fingerprint density at radius 3 is 2.00 bits per heavy atom. The van der Waals surface area contributed by atoms with E-state index in [4.69, 9.17) is 38.4 Å². The normalized spacial score (nSPS) is 13.5. The molecule has 3 rings (SSSR count). The van der Waals surface area contributed by atoms with Gasteiger partial charge in [-0.15, -0.1) is 0 Å². The molecule has 2 amide bonds. The number of phenols is 1. The molecule has 0 spiro atoms. The van der Waals surface area contributed by atoms with Crippen LogP contribution in [0.1, 0.15) is 0 Å². The first-order valence-corrected chi connectivity index (χ1v) is 10.9. The van der Waals surface area contributed by atoms with Crippen LogP contribution in [0.3, 0.4) is 0 Å². The summed E-state index contributed by atoms with van der Waals surface area (Å²) in [6.07, 6.45) is 0. The smallest absolute Gasteiger partial charge is 0.323 e. The van der Waals surface area contributed by atoms with Crippen molar-refractivity contribution in [3.63, 3.8) is 0 Å². The second-order valence-corrected chi connectivity index (χ2v) is 8.46. The Labute approximate surface area is 188 Å². The van der Waals surface area contributed by atoms with Crippen LogP contribution in [-0.2, 0) is 29.1 Å². The third kappa shape index (κ3) is 7.56. The summed E-state index contributed by atoms with van der Waals surface area (Å²) in [7, 11) is -4.40. The van der Waals surface area contributed by atoms with E-state index < -0.39 is 26.7 Å². The maximum atomic E-state index is 12.2. The Balaban J connectivity index is 0.000000488. The number of ether oxygens (including phenoxy) is 2. The molecule has 1 aliphatic rings. The third-order valence-corrected chi connectivity index (χ3v) is 5.58. The first kappa shape index (κ1) is 24.7. The number of rotatable bonds is 3. The lowest BCUT2D eigenvalue weighted by molar-refractivity contribution is -0.135. The van der Waals surface area contributed by atoms with E-state index in [0.29, 0.717) is 0 Å². The molecule has 0 saturated carbocycles. The van der Waals surface area contributed by atoms with Crippen LogP contribution in [0.5, 0.6) is 5.75 Å². The number of carbonyl (C=O) groups is 2. The fourth-order valence-corrected chi connectivity index (χ4v) is 3.77. The van der Waals surface area contributed by atoms with Crippen molar-refractivity contribution in [3.05, 3.63) is 46.4 Å². The molecule has 10 nitrogen and oxygen atoms in total. The molecule has 168 valence electrons. The molecule has 0 aliphatic carbocycles. The summed E-state index contributed by atoms with van der Waals surface area (Å²) in [5.74, 6) is -2.83. The van der Waals surface area contributed by atoms with Gasteiger partial charge in [-0.2, -0.15) is 0 Å². The molecular formula is C18H19Cl2N3O7S. The van der Waals surface area contributed by atoms with Gasteiger partial charge in [0.05, 0.1) is 47.1 Å². The Morgan fingerprint density at radius 1 is 0.968 bits per heavy atom. The van der Waals surface area contributed by atoms with E-state index in [9.17, 15) is 23.1 Å². The zero-order valence-corrected chi connectivity index (χ0v) is 18.3. The molecule has 2 aromatic carbocycles. The van der Waals surface area contributed by atoms with Gasteiger partial charge in [-0.05, 0) is 24.3 Å². The van der Waals surface area contributed by atoms with Gasteiger partial charge in [-0.25, -0.2) is 13.1 Å². The molecule has 1 fully saturated rings. The zero-order valence-electron chi connectivity index (χ0n) is 15.9. The van der Waals surface area contributed by atoms with Crippen molar-refractivity contribution in [3.8, 4) is 5.75 Å². The Bertz CT molecular complexity index is 1030. The van der Waals surface area contributed by atoms with E-state index in [-0.39, 0.29) is 27.2 Å². The monoisotopic (exact) mass is 491 g/mol. The standard InChI is InChI=1S/C14H11Cl2N3O5S.C4H8O2/c15-10-5-9(6-11(16)12(10)17)25(23,24)19-14(22)13(21)18-7-2-1-3-8(20)4-7;1-2-6-4-3-5-1/h1-6,20H,17H2,(H,18,21)(H,19,22);1-4H2. The van der Waals surface area contributed by atoms with Crippen LogP contribution in [-0.4, -0.2) is 51.8 Å². The van der Waals surface area contributed by atoms with E-state index in [2.05, 4.69) is 5.32 Å². The maximum absolute atomic E-state index is 12.2. The van der Waals surface area contributed by atoms with Gasteiger partial charge >= 0.3 is 11.8 Å². The molecule has 0 bridgehead atoms. The highest BCUT2D eigenvalue weighted by Gasteiger charge is 2.24. The van der Waals surface area contributed by atoms with Gasteiger partial charge < -0.3 is 25.6 Å². The molecule has 0 aromatic heterocycles. The minimum Gasteiger partial charge on any atom is -0.508 e. The number of amides is 2. The van der Waals surface area contributed by atoms with Gasteiger partial charge in [0.1, 0.15) is 5.75 Å². The summed E-state index contributed by atoms with van der Waals surface area (Å²) in [6, 6.07) is 7.35. The maximum Gasteiger partial charge on any atom is 0.323 e. The summed E-state index contributed by atoms with van der Waals surface area (Å²) in [6.45, 7) is 3.11. The number of nitrogens with one attached hydrogen (secondary N) is 2. The van der Waals surface area contributed by atoms with E-state index in [0.717, 1.165) is 38.6 Å². The number of halogens is 2. The first-order valence-electron chi connectivity index (χ1n) is 8.67. The molecule has 1 aliphatic heterocycles. The van der Waals surface area contributed by atoms with Crippen molar-refractivity contribution >= 4 is 56.4 Å². The van der Waals surface area contributed by atoms with Gasteiger partial charge in [0.2, 0.25) is 0 Å². The number of nitrogens with two attached hydrogens (primary N) is 1. The highest BCUT2D eigenvalue weighted by Crippen LogP contribution is 2.30. The minimum atomic E-state index is -4.40. The van der Waals surface area contributed by atoms with E-state index in [1.165, 1.54) is 24.3 Å². The summed E-state index contributed by atoms with van der Waals surface area (Å²) < 4.78 is 35.8. The third-order valence-electron chi connectivity index (χ3n) is 3.64. The van der Waals surface area contributed by atoms with Crippen molar-refractivity contribution in [2.45, 2.75) is 4.90 Å². The van der Waals surface area contributed by atoms with Crippen molar-refractivity contribution in [1.29, 1.82) is 0 Å². The molecular weight excluding hydrogens is 473 g/mol. The highest BCUT2D eigenvalue weighted by atomic mass is 35.5. The Hall–Kier alpha value is -2.57. The molecule has 0 radical (unpaired) electrons. The second-order valence-electron chi connectivity index (χ2n) is 5.96. The van der Waals surface area contributed by atoms with Crippen LogP contribution in [0.15, 0.2) is 41.3 Å². The quantitative estimate of drug-likeness (QED) is 0.373.